The van der Waals surface area contributed by atoms with Crippen LogP contribution in [0.5, 0.6) is 5.75 Å². The number of rotatable bonds is 7. The molecule has 0 unspecified atom stereocenters. The second kappa shape index (κ2) is 8.08. The molecule has 0 aliphatic carbocycles. The SMILES string of the molecule is CNCC[C@@H](Oc1cccc(-c2ccnc(C)c2)c1)c1cccs1. The zero-order valence-electron chi connectivity index (χ0n) is 14.0. The first-order valence-corrected chi connectivity index (χ1v) is 9.02. The minimum absolute atomic E-state index is 0.0758. The Labute approximate surface area is 147 Å². The molecule has 1 N–H and O–H groups in total. The van der Waals surface area contributed by atoms with Crippen LogP contribution in [0, 0.1) is 6.92 Å². The van der Waals surface area contributed by atoms with Gasteiger partial charge in [-0.2, -0.15) is 0 Å². The molecule has 1 aromatic carbocycles. The van der Waals surface area contributed by atoms with Crippen LogP contribution in [0.1, 0.15) is 23.1 Å². The van der Waals surface area contributed by atoms with Gasteiger partial charge >= 0.3 is 0 Å². The number of pyridine rings is 1. The van der Waals surface area contributed by atoms with Gasteiger partial charge in [0.15, 0.2) is 0 Å². The molecule has 1 atom stereocenters. The third-order valence-corrected chi connectivity index (χ3v) is 4.82. The molecule has 24 heavy (non-hydrogen) atoms. The summed E-state index contributed by atoms with van der Waals surface area (Å²) in [5.74, 6) is 0.900. The average Bonchev–Trinajstić information content (AvgIpc) is 3.13. The summed E-state index contributed by atoms with van der Waals surface area (Å²) in [6.07, 6.45) is 2.86. The first kappa shape index (κ1) is 16.7. The van der Waals surface area contributed by atoms with E-state index in [-0.39, 0.29) is 6.10 Å². The van der Waals surface area contributed by atoms with Crippen molar-refractivity contribution in [1.82, 2.24) is 10.3 Å². The lowest BCUT2D eigenvalue weighted by molar-refractivity contribution is 0.199. The molecule has 0 bridgehead atoms. The molecule has 0 aliphatic rings. The number of nitrogens with one attached hydrogen (secondary N) is 1. The Morgan fingerprint density at radius 1 is 1.12 bits per heavy atom. The highest BCUT2D eigenvalue weighted by Gasteiger charge is 2.14. The molecular formula is C20H22N2OS. The third-order valence-electron chi connectivity index (χ3n) is 3.86. The quantitative estimate of drug-likeness (QED) is 0.669. The van der Waals surface area contributed by atoms with E-state index in [1.54, 1.807) is 11.3 Å². The number of hydrogen-bond acceptors (Lipinski definition) is 4. The zero-order valence-corrected chi connectivity index (χ0v) is 14.8. The molecule has 3 rings (SSSR count). The van der Waals surface area contributed by atoms with Gasteiger partial charge in [0.2, 0.25) is 0 Å². The minimum atomic E-state index is 0.0758. The van der Waals surface area contributed by atoms with Crippen molar-refractivity contribution in [2.75, 3.05) is 13.6 Å². The Morgan fingerprint density at radius 2 is 2.00 bits per heavy atom. The van der Waals surface area contributed by atoms with Gasteiger partial charge in [-0.05, 0) is 67.4 Å². The average molecular weight is 338 g/mol. The molecule has 0 radical (unpaired) electrons. The van der Waals surface area contributed by atoms with Crippen LogP contribution in [-0.4, -0.2) is 18.6 Å². The highest BCUT2D eigenvalue weighted by molar-refractivity contribution is 7.10. The number of hydrogen-bond donors (Lipinski definition) is 1. The van der Waals surface area contributed by atoms with E-state index in [1.807, 2.05) is 38.4 Å². The van der Waals surface area contributed by atoms with Crippen LogP contribution in [0.3, 0.4) is 0 Å². The van der Waals surface area contributed by atoms with Crippen LogP contribution in [0.25, 0.3) is 11.1 Å². The van der Waals surface area contributed by atoms with Crippen LogP contribution in [0.15, 0.2) is 60.1 Å². The number of aromatic nitrogens is 1. The highest BCUT2D eigenvalue weighted by Crippen LogP contribution is 2.30. The van der Waals surface area contributed by atoms with Gasteiger partial charge < -0.3 is 10.1 Å². The lowest BCUT2D eigenvalue weighted by atomic mass is 10.1. The van der Waals surface area contributed by atoms with Gasteiger partial charge in [0, 0.05) is 23.2 Å². The van der Waals surface area contributed by atoms with E-state index in [2.05, 4.69) is 46.0 Å². The van der Waals surface area contributed by atoms with Crippen molar-refractivity contribution >= 4 is 11.3 Å². The summed E-state index contributed by atoms with van der Waals surface area (Å²) in [4.78, 5) is 5.53. The van der Waals surface area contributed by atoms with Gasteiger partial charge in [-0.3, -0.25) is 4.98 Å². The van der Waals surface area contributed by atoms with E-state index >= 15 is 0 Å². The molecule has 0 fully saturated rings. The lowest BCUT2D eigenvalue weighted by Crippen LogP contribution is -2.15. The number of thiophene rings is 1. The first-order valence-electron chi connectivity index (χ1n) is 8.14. The highest BCUT2D eigenvalue weighted by atomic mass is 32.1. The number of ether oxygens (including phenoxy) is 1. The monoisotopic (exact) mass is 338 g/mol. The number of nitrogens with zero attached hydrogens (tertiary/aromatic N) is 1. The summed E-state index contributed by atoms with van der Waals surface area (Å²) in [5, 5.41) is 5.31. The van der Waals surface area contributed by atoms with Crippen molar-refractivity contribution in [3.05, 3.63) is 70.7 Å². The van der Waals surface area contributed by atoms with Crippen molar-refractivity contribution in [3.8, 4) is 16.9 Å². The molecule has 3 nitrogen and oxygen atoms in total. The fourth-order valence-corrected chi connectivity index (χ4v) is 3.44. The maximum atomic E-state index is 6.31. The molecule has 0 aliphatic heterocycles. The predicted molar refractivity (Wildman–Crippen MR) is 101 cm³/mol. The second-order valence-corrected chi connectivity index (χ2v) is 6.71. The summed E-state index contributed by atoms with van der Waals surface area (Å²) in [7, 11) is 1.97. The topological polar surface area (TPSA) is 34.1 Å². The Morgan fingerprint density at radius 3 is 2.75 bits per heavy atom. The molecule has 0 amide bonds. The van der Waals surface area contributed by atoms with Gasteiger partial charge in [-0.25, -0.2) is 0 Å². The van der Waals surface area contributed by atoms with Gasteiger partial charge in [0.1, 0.15) is 11.9 Å². The summed E-state index contributed by atoms with van der Waals surface area (Å²) in [5.41, 5.74) is 3.33. The molecule has 2 heterocycles. The number of aryl methyl sites for hydroxylation is 1. The molecule has 4 heteroatoms. The van der Waals surface area contributed by atoms with E-state index in [4.69, 9.17) is 4.74 Å². The molecule has 0 saturated heterocycles. The molecule has 0 spiro atoms. The van der Waals surface area contributed by atoms with Crippen molar-refractivity contribution in [2.45, 2.75) is 19.4 Å². The number of benzene rings is 1. The Bertz CT molecular complexity index is 771. The van der Waals surface area contributed by atoms with E-state index in [9.17, 15) is 0 Å². The maximum Gasteiger partial charge on any atom is 0.134 e. The maximum absolute atomic E-state index is 6.31. The first-order chi connectivity index (χ1) is 11.8. The van der Waals surface area contributed by atoms with Crippen molar-refractivity contribution < 1.29 is 4.74 Å². The minimum Gasteiger partial charge on any atom is -0.485 e. The molecule has 2 aromatic heterocycles. The van der Waals surface area contributed by atoms with E-state index < -0.39 is 0 Å². The van der Waals surface area contributed by atoms with Crippen molar-refractivity contribution in [3.63, 3.8) is 0 Å². The summed E-state index contributed by atoms with van der Waals surface area (Å²) in [6, 6.07) is 16.6. The normalized spacial score (nSPS) is 12.1. The Hall–Kier alpha value is -2.17. The smallest absolute Gasteiger partial charge is 0.134 e. The lowest BCUT2D eigenvalue weighted by Gasteiger charge is -2.18. The fraction of sp³-hybridized carbons (Fsp3) is 0.250. The third kappa shape index (κ3) is 4.22. The van der Waals surface area contributed by atoms with E-state index in [1.165, 1.54) is 4.88 Å². The molecule has 0 saturated carbocycles. The van der Waals surface area contributed by atoms with Crippen LogP contribution >= 0.6 is 11.3 Å². The van der Waals surface area contributed by atoms with E-state index in [0.717, 1.165) is 35.5 Å². The second-order valence-electron chi connectivity index (χ2n) is 5.73. The van der Waals surface area contributed by atoms with Crippen LogP contribution < -0.4 is 10.1 Å². The van der Waals surface area contributed by atoms with Gasteiger partial charge in [0.05, 0.1) is 0 Å². The summed E-state index contributed by atoms with van der Waals surface area (Å²) < 4.78 is 6.31. The molecular weight excluding hydrogens is 316 g/mol. The zero-order chi connectivity index (χ0) is 16.8. The van der Waals surface area contributed by atoms with Crippen LogP contribution in [0.2, 0.25) is 0 Å². The fourth-order valence-electron chi connectivity index (χ4n) is 2.65. The summed E-state index contributed by atoms with van der Waals surface area (Å²) >= 11 is 1.74. The van der Waals surface area contributed by atoms with Crippen LogP contribution in [0.4, 0.5) is 0 Å². The van der Waals surface area contributed by atoms with Gasteiger partial charge in [-0.1, -0.05) is 18.2 Å². The molecule has 124 valence electrons. The van der Waals surface area contributed by atoms with Crippen molar-refractivity contribution in [2.24, 2.45) is 0 Å². The predicted octanol–water partition coefficient (Wildman–Crippen LogP) is 4.85. The molecule has 3 aromatic rings. The Balaban J connectivity index is 1.82. The largest absolute Gasteiger partial charge is 0.485 e. The van der Waals surface area contributed by atoms with Crippen LogP contribution in [-0.2, 0) is 0 Å². The van der Waals surface area contributed by atoms with Crippen molar-refractivity contribution in [1.29, 1.82) is 0 Å². The van der Waals surface area contributed by atoms with Gasteiger partial charge in [-0.15, -0.1) is 11.3 Å². The Kier molecular flexibility index (Phi) is 5.62. The standard InChI is InChI=1S/C20H22N2OS/c1-15-13-17(8-11-22-15)16-5-3-6-18(14-16)23-19(9-10-21-2)20-7-4-12-24-20/h3-8,11-14,19,21H,9-10H2,1-2H3/t19-/m1/s1. The summed E-state index contributed by atoms with van der Waals surface area (Å²) in [6.45, 7) is 2.93. The van der Waals surface area contributed by atoms with E-state index in [0.29, 0.717) is 0 Å². The van der Waals surface area contributed by atoms with Gasteiger partial charge in [0.25, 0.3) is 0 Å².